The fraction of sp³-hybridized carbons (Fsp3) is 0.810. The average molecular weight is 362 g/mol. The first-order chi connectivity index (χ1) is 12.2. The van der Waals surface area contributed by atoms with Crippen molar-refractivity contribution in [3.8, 4) is 0 Å². The van der Waals surface area contributed by atoms with Gasteiger partial charge in [-0.1, -0.05) is 19.4 Å². The zero-order valence-electron chi connectivity index (χ0n) is 15.7. The Labute approximate surface area is 154 Å². The van der Waals surface area contributed by atoms with E-state index in [0.717, 1.165) is 25.7 Å². The van der Waals surface area contributed by atoms with Crippen molar-refractivity contribution >= 4 is 11.6 Å². The fourth-order valence-corrected chi connectivity index (χ4v) is 7.28. The van der Waals surface area contributed by atoms with Gasteiger partial charge in [-0.2, -0.15) is 0 Å². The molecule has 0 aromatic heterocycles. The number of aliphatic hydroxyl groups excluding tert-OH is 2. The number of Topliss-reactive ketones (excluding diaryl/α,β-unsaturated/α-hetero) is 1. The third-order valence-electron chi connectivity index (χ3n) is 8.65. The Morgan fingerprint density at radius 2 is 1.96 bits per heavy atom. The van der Waals surface area contributed by atoms with E-state index in [-0.39, 0.29) is 29.0 Å². The largest absolute Gasteiger partial charge is 0.393 e. The van der Waals surface area contributed by atoms with Gasteiger partial charge in [0.05, 0.1) is 6.10 Å². The van der Waals surface area contributed by atoms with E-state index in [2.05, 4.69) is 6.92 Å². The molecule has 3 saturated carbocycles. The predicted molar refractivity (Wildman–Crippen MR) is 95.1 cm³/mol. The van der Waals surface area contributed by atoms with Gasteiger partial charge in [-0.25, -0.2) is 0 Å². The van der Waals surface area contributed by atoms with Crippen LogP contribution < -0.4 is 0 Å². The van der Waals surface area contributed by atoms with Crippen LogP contribution in [0.2, 0.25) is 0 Å². The van der Waals surface area contributed by atoms with E-state index in [1.165, 1.54) is 5.57 Å². The number of aliphatic hydroxyl groups is 3. The lowest BCUT2D eigenvalue weighted by atomic mass is 9.45. The summed E-state index contributed by atoms with van der Waals surface area (Å²) in [6.07, 6.45) is 5.74. The van der Waals surface area contributed by atoms with Gasteiger partial charge >= 0.3 is 0 Å². The van der Waals surface area contributed by atoms with Crippen molar-refractivity contribution in [2.24, 2.45) is 28.6 Å². The van der Waals surface area contributed by atoms with Crippen LogP contribution in [0.4, 0.5) is 0 Å². The second-order valence-corrected chi connectivity index (χ2v) is 9.56. The van der Waals surface area contributed by atoms with Gasteiger partial charge in [0.2, 0.25) is 0 Å². The van der Waals surface area contributed by atoms with E-state index in [0.29, 0.717) is 19.3 Å². The summed E-state index contributed by atoms with van der Waals surface area (Å²) in [4.78, 5) is 24.3. The summed E-state index contributed by atoms with van der Waals surface area (Å²) in [7, 11) is 0. The van der Waals surface area contributed by atoms with Crippen molar-refractivity contribution < 1.29 is 24.9 Å². The first-order valence-corrected chi connectivity index (χ1v) is 9.96. The van der Waals surface area contributed by atoms with E-state index >= 15 is 0 Å². The van der Waals surface area contributed by atoms with Crippen molar-refractivity contribution in [2.45, 2.75) is 70.5 Å². The molecule has 0 saturated heterocycles. The molecule has 0 heterocycles. The molecule has 0 bridgehead atoms. The van der Waals surface area contributed by atoms with E-state index in [9.17, 15) is 24.9 Å². The van der Waals surface area contributed by atoms with Gasteiger partial charge in [0.25, 0.3) is 0 Å². The minimum Gasteiger partial charge on any atom is -0.393 e. The molecule has 3 N–H and O–H groups in total. The lowest BCUT2D eigenvalue weighted by molar-refractivity contribution is -0.182. The van der Waals surface area contributed by atoms with Crippen molar-refractivity contribution in [1.82, 2.24) is 0 Å². The monoisotopic (exact) mass is 362 g/mol. The Bertz CT molecular complexity index is 684. The molecule has 0 radical (unpaired) electrons. The van der Waals surface area contributed by atoms with Gasteiger partial charge in [-0.15, -0.1) is 0 Å². The van der Waals surface area contributed by atoms with E-state index < -0.39 is 29.5 Å². The molecule has 4 aliphatic carbocycles. The van der Waals surface area contributed by atoms with Crippen LogP contribution in [0.3, 0.4) is 0 Å². The molecule has 0 spiro atoms. The average Bonchev–Trinajstić information content (AvgIpc) is 2.86. The van der Waals surface area contributed by atoms with Gasteiger partial charge in [0.1, 0.15) is 12.2 Å². The lowest BCUT2D eigenvalue weighted by Crippen LogP contribution is -2.62. The molecule has 7 atom stereocenters. The second-order valence-electron chi connectivity index (χ2n) is 9.56. The highest BCUT2D eigenvalue weighted by Crippen LogP contribution is 2.67. The zero-order chi connectivity index (χ0) is 18.9. The molecule has 5 heteroatoms. The summed E-state index contributed by atoms with van der Waals surface area (Å²) in [5.41, 5.74) is -1.23. The second kappa shape index (κ2) is 5.73. The number of fused-ring (bicyclic) bond motifs is 5. The molecule has 5 nitrogen and oxygen atoms in total. The number of hydrogen-bond donors (Lipinski definition) is 3. The number of carbonyl (C=O) groups excluding carboxylic acids is 2. The molecule has 0 amide bonds. The highest BCUT2D eigenvalue weighted by atomic mass is 16.3. The minimum absolute atomic E-state index is 0.0697. The molecular weight excluding hydrogens is 332 g/mol. The Hall–Kier alpha value is -1.04. The fourth-order valence-electron chi connectivity index (χ4n) is 7.28. The number of rotatable bonds is 2. The lowest BCUT2D eigenvalue weighted by Gasteiger charge is -2.60. The maximum absolute atomic E-state index is 12.4. The normalized spacial score (nSPS) is 50.5. The van der Waals surface area contributed by atoms with Gasteiger partial charge in [0.15, 0.2) is 11.6 Å². The van der Waals surface area contributed by atoms with Gasteiger partial charge in [-0.3, -0.25) is 9.59 Å². The molecule has 0 aromatic rings. The first kappa shape index (κ1) is 18.3. The molecule has 144 valence electrons. The van der Waals surface area contributed by atoms with Crippen LogP contribution in [0, 0.1) is 28.6 Å². The Kier molecular flexibility index (Phi) is 4.04. The quantitative estimate of drug-likeness (QED) is 0.696. The van der Waals surface area contributed by atoms with Crippen LogP contribution in [0.15, 0.2) is 11.6 Å². The highest BCUT2D eigenvalue weighted by Gasteiger charge is 2.68. The minimum atomic E-state index is -1.54. The third kappa shape index (κ3) is 2.14. The summed E-state index contributed by atoms with van der Waals surface area (Å²) < 4.78 is 0. The number of ketones is 2. The molecule has 4 rings (SSSR count). The smallest absolute Gasteiger partial charge is 0.190 e. The summed E-state index contributed by atoms with van der Waals surface area (Å²) in [6.45, 7) is 3.46. The van der Waals surface area contributed by atoms with E-state index in [1.807, 2.05) is 6.92 Å². The molecule has 0 unspecified atom stereocenters. The number of carbonyl (C=O) groups is 2. The molecule has 4 aliphatic rings. The zero-order valence-corrected chi connectivity index (χ0v) is 15.7. The maximum atomic E-state index is 12.4. The van der Waals surface area contributed by atoms with Crippen LogP contribution in [0.1, 0.15) is 58.8 Å². The predicted octanol–water partition coefficient (Wildman–Crippen LogP) is 1.78. The molecule has 0 aliphatic heterocycles. The summed E-state index contributed by atoms with van der Waals surface area (Å²) >= 11 is 0. The molecule has 26 heavy (non-hydrogen) atoms. The Morgan fingerprint density at radius 3 is 2.65 bits per heavy atom. The van der Waals surface area contributed by atoms with E-state index in [1.54, 1.807) is 6.08 Å². The summed E-state index contributed by atoms with van der Waals surface area (Å²) in [5, 5.41) is 31.7. The molecule has 3 fully saturated rings. The van der Waals surface area contributed by atoms with Gasteiger partial charge in [-0.05, 0) is 67.8 Å². The van der Waals surface area contributed by atoms with Crippen molar-refractivity contribution in [2.75, 3.05) is 6.61 Å². The van der Waals surface area contributed by atoms with Crippen LogP contribution in [0.5, 0.6) is 0 Å². The van der Waals surface area contributed by atoms with Gasteiger partial charge < -0.3 is 15.3 Å². The summed E-state index contributed by atoms with van der Waals surface area (Å²) in [5.74, 6) is 0.140. The number of allylic oxidation sites excluding steroid dienone is 1. The SMILES string of the molecule is C[C@]12CCC(=O)C=C1CC[C@@H]1[C@H]2[C@@H](O)C[C@@]2(C)[C@H]1CC[C@]2(O)C(=O)CO. The topological polar surface area (TPSA) is 94.8 Å². The maximum Gasteiger partial charge on any atom is 0.190 e. The van der Waals surface area contributed by atoms with E-state index in [4.69, 9.17) is 0 Å². The number of hydrogen-bond acceptors (Lipinski definition) is 5. The first-order valence-electron chi connectivity index (χ1n) is 9.96. The standard InChI is InChI=1S/C21H30O5/c1-19-7-5-13(23)9-12(19)3-4-14-15-6-8-21(26,17(25)11-22)20(15,2)10-16(24)18(14)19/h9,14-16,18,22,24,26H,3-8,10-11H2,1-2H3/t14-,15-,16-,18-,19-,20-,21-/m0/s1. The Morgan fingerprint density at radius 1 is 1.23 bits per heavy atom. The highest BCUT2D eigenvalue weighted by molar-refractivity contribution is 5.91. The molecule has 0 aromatic carbocycles. The van der Waals surface area contributed by atoms with Crippen LogP contribution in [-0.4, -0.2) is 45.2 Å². The summed E-state index contributed by atoms with van der Waals surface area (Å²) in [6, 6.07) is 0. The van der Waals surface area contributed by atoms with Crippen LogP contribution in [0.25, 0.3) is 0 Å². The van der Waals surface area contributed by atoms with Crippen LogP contribution >= 0.6 is 0 Å². The van der Waals surface area contributed by atoms with Crippen molar-refractivity contribution in [1.29, 1.82) is 0 Å². The third-order valence-corrected chi connectivity index (χ3v) is 8.65. The van der Waals surface area contributed by atoms with Gasteiger partial charge in [0, 0.05) is 11.8 Å². The van der Waals surface area contributed by atoms with Crippen LogP contribution in [-0.2, 0) is 9.59 Å². The van der Waals surface area contributed by atoms with Crippen molar-refractivity contribution in [3.05, 3.63) is 11.6 Å². The molecular formula is C21H30O5. The van der Waals surface area contributed by atoms with Crippen molar-refractivity contribution in [3.63, 3.8) is 0 Å². The Balaban J connectivity index is 1.74.